The van der Waals surface area contributed by atoms with Gasteiger partial charge >= 0.3 is 0 Å². The highest BCUT2D eigenvalue weighted by Crippen LogP contribution is 2.20. The van der Waals surface area contributed by atoms with Crippen molar-refractivity contribution in [3.05, 3.63) is 29.7 Å². The average Bonchev–Trinajstić information content (AvgIpc) is 3.38. The first-order chi connectivity index (χ1) is 13.1. The highest BCUT2D eigenvalue weighted by atomic mass is 16.5. The highest BCUT2D eigenvalue weighted by molar-refractivity contribution is 5.95. The van der Waals surface area contributed by atoms with Crippen molar-refractivity contribution in [2.75, 3.05) is 32.8 Å². The summed E-state index contributed by atoms with van der Waals surface area (Å²) < 4.78 is 6.96. The zero-order valence-electron chi connectivity index (χ0n) is 15.6. The summed E-state index contributed by atoms with van der Waals surface area (Å²) in [7, 11) is 0. The molecule has 2 aliphatic rings. The molecule has 2 aliphatic heterocycles. The molecule has 8 nitrogen and oxygen atoms in total. The van der Waals surface area contributed by atoms with Crippen LogP contribution in [0.4, 0.5) is 0 Å². The number of nitrogens with zero attached hydrogens (tertiary/aromatic N) is 4. The van der Waals surface area contributed by atoms with E-state index in [1.165, 1.54) is 0 Å². The molecule has 4 rings (SSSR count). The Labute approximate surface area is 157 Å². The van der Waals surface area contributed by atoms with E-state index >= 15 is 0 Å². The van der Waals surface area contributed by atoms with Gasteiger partial charge in [0.25, 0.3) is 5.91 Å². The molecule has 0 radical (unpaired) electrons. The van der Waals surface area contributed by atoms with Crippen molar-refractivity contribution in [2.45, 2.75) is 26.2 Å². The Hall–Kier alpha value is -2.48. The standard InChI is InChI=1S/C19H25N5O3/c1-13-16(11-20-17-2-6-22-24(13)17)19(26)23-7-3-14(4-8-23)10-21-18(25)15-5-9-27-12-15/h2,6,11,14-15H,3-5,7-10,12H2,1H3,(H,21,25). The molecule has 8 heteroatoms. The minimum absolute atomic E-state index is 0.000597. The molecule has 0 saturated carbocycles. The van der Waals surface area contributed by atoms with Crippen LogP contribution in [-0.4, -0.2) is 64.2 Å². The fourth-order valence-electron chi connectivity index (χ4n) is 3.84. The molecule has 1 unspecified atom stereocenters. The number of piperidine rings is 1. The van der Waals surface area contributed by atoms with Gasteiger partial charge in [0.05, 0.1) is 30.0 Å². The van der Waals surface area contributed by atoms with Gasteiger partial charge in [0.15, 0.2) is 5.65 Å². The van der Waals surface area contributed by atoms with Crippen LogP contribution in [0.15, 0.2) is 18.5 Å². The lowest BCUT2D eigenvalue weighted by Crippen LogP contribution is -2.42. The maximum absolute atomic E-state index is 12.9. The first-order valence-corrected chi connectivity index (χ1v) is 9.57. The summed E-state index contributed by atoms with van der Waals surface area (Å²) in [5, 5.41) is 7.28. The minimum atomic E-state index is -0.000597. The maximum atomic E-state index is 12.9. The van der Waals surface area contributed by atoms with E-state index < -0.39 is 0 Å². The molecule has 4 heterocycles. The SMILES string of the molecule is Cc1c(C(=O)N2CCC(CNC(=O)C3CCOC3)CC2)cnc2ccnn12. The fourth-order valence-corrected chi connectivity index (χ4v) is 3.84. The Morgan fingerprint density at radius 1 is 1.30 bits per heavy atom. The molecule has 2 saturated heterocycles. The molecular weight excluding hydrogens is 346 g/mol. The maximum Gasteiger partial charge on any atom is 0.257 e. The number of amides is 2. The zero-order chi connectivity index (χ0) is 18.8. The second kappa shape index (κ2) is 7.64. The molecule has 0 aromatic carbocycles. The third-order valence-electron chi connectivity index (χ3n) is 5.65. The van der Waals surface area contributed by atoms with E-state index in [0.29, 0.717) is 44.3 Å². The summed E-state index contributed by atoms with van der Waals surface area (Å²) in [5.41, 5.74) is 2.15. The molecule has 2 aromatic heterocycles. The highest BCUT2D eigenvalue weighted by Gasteiger charge is 2.27. The van der Waals surface area contributed by atoms with Crippen molar-refractivity contribution < 1.29 is 14.3 Å². The van der Waals surface area contributed by atoms with Gasteiger partial charge in [-0.15, -0.1) is 0 Å². The van der Waals surface area contributed by atoms with Crippen LogP contribution < -0.4 is 5.32 Å². The van der Waals surface area contributed by atoms with Crippen LogP contribution in [0.2, 0.25) is 0 Å². The molecule has 0 spiro atoms. The molecule has 2 aromatic rings. The van der Waals surface area contributed by atoms with Gasteiger partial charge in [0.1, 0.15) is 0 Å². The lowest BCUT2D eigenvalue weighted by molar-refractivity contribution is -0.125. The van der Waals surface area contributed by atoms with Gasteiger partial charge in [0.2, 0.25) is 5.91 Å². The fraction of sp³-hybridized carbons (Fsp3) is 0.579. The summed E-state index contributed by atoms with van der Waals surface area (Å²) in [6.07, 6.45) is 5.92. The number of hydrogen-bond donors (Lipinski definition) is 1. The second-order valence-electron chi connectivity index (χ2n) is 7.40. The number of hydrogen-bond acceptors (Lipinski definition) is 5. The van der Waals surface area contributed by atoms with Crippen LogP contribution in [0.5, 0.6) is 0 Å². The van der Waals surface area contributed by atoms with Gasteiger partial charge in [-0.1, -0.05) is 0 Å². The van der Waals surface area contributed by atoms with Crippen molar-refractivity contribution in [3.8, 4) is 0 Å². The van der Waals surface area contributed by atoms with Crippen LogP contribution in [0.25, 0.3) is 5.65 Å². The molecule has 2 amide bonds. The van der Waals surface area contributed by atoms with Crippen molar-refractivity contribution in [3.63, 3.8) is 0 Å². The van der Waals surface area contributed by atoms with Crippen molar-refractivity contribution in [1.82, 2.24) is 24.8 Å². The number of fused-ring (bicyclic) bond motifs is 1. The van der Waals surface area contributed by atoms with Crippen LogP contribution in [-0.2, 0) is 9.53 Å². The summed E-state index contributed by atoms with van der Waals surface area (Å²) >= 11 is 0. The van der Waals surface area contributed by atoms with E-state index in [1.54, 1.807) is 16.9 Å². The van der Waals surface area contributed by atoms with Gasteiger partial charge in [0, 0.05) is 38.5 Å². The van der Waals surface area contributed by atoms with Crippen LogP contribution in [0.3, 0.4) is 0 Å². The predicted octanol–water partition coefficient (Wildman–Crippen LogP) is 1.04. The van der Waals surface area contributed by atoms with E-state index in [9.17, 15) is 9.59 Å². The number of carbonyl (C=O) groups excluding carboxylic acids is 2. The Morgan fingerprint density at radius 2 is 2.11 bits per heavy atom. The number of nitrogens with one attached hydrogen (secondary N) is 1. The van der Waals surface area contributed by atoms with E-state index in [0.717, 1.165) is 30.6 Å². The lowest BCUT2D eigenvalue weighted by Gasteiger charge is -2.32. The number of rotatable bonds is 4. The Balaban J connectivity index is 1.31. The van der Waals surface area contributed by atoms with E-state index in [-0.39, 0.29) is 17.7 Å². The minimum Gasteiger partial charge on any atom is -0.381 e. The smallest absolute Gasteiger partial charge is 0.257 e. The quantitative estimate of drug-likeness (QED) is 0.868. The molecule has 0 aliphatic carbocycles. The molecule has 27 heavy (non-hydrogen) atoms. The Kier molecular flexibility index (Phi) is 5.07. The van der Waals surface area contributed by atoms with E-state index in [2.05, 4.69) is 15.4 Å². The summed E-state index contributed by atoms with van der Waals surface area (Å²) in [4.78, 5) is 31.2. The second-order valence-corrected chi connectivity index (χ2v) is 7.40. The number of aromatic nitrogens is 3. The van der Waals surface area contributed by atoms with Gasteiger partial charge in [-0.2, -0.15) is 5.10 Å². The van der Waals surface area contributed by atoms with Crippen LogP contribution in [0.1, 0.15) is 35.3 Å². The number of aryl methyl sites for hydroxylation is 1. The van der Waals surface area contributed by atoms with Crippen LogP contribution >= 0.6 is 0 Å². The summed E-state index contributed by atoms with van der Waals surface area (Å²) in [6, 6.07) is 1.82. The molecule has 2 fully saturated rings. The number of likely N-dealkylation sites (tertiary alicyclic amines) is 1. The number of carbonyl (C=O) groups is 2. The molecule has 1 N–H and O–H groups in total. The largest absolute Gasteiger partial charge is 0.381 e. The normalized spacial score (nSPS) is 20.9. The van der Waals surface area contributed by atoms with Gasteiger partial charge in [-0.05, 0) is 32.1 Å². The van der Waals surface area contributed by atoms with E-state index in [1.807, 2.05) is 17.9 Å². The first kappa shape index (κ1) is 17.9. The Bertz CT molecular complexity index is 835. The van der Waals surface area contributed by atoms with Crippen LogP contribution in [0, 0.1) is 18.8 Å². The lowest BCUT2D eigenvalue weighted by atomic mass is 9.96. The van der Waals surface area contributed by atoms with Crippen molar-refractivity contribution >= 4 is 17.5 Å². The third-order valence-corrected chi connectivity index (χ3v) is 5.65. The van der Waals surface area contributed by atoms with Crippen molar-refractivity contribution in [2.24, 2.45) is 11.8 Å². The zero-order valence-corrected chi connectivity index (χ0v) is 15.6. The van der Waals surface area contributed by atoms with Crippen molar-refractivity contribution in [1.29, 1.82) is 0 Å². The van der Waals surface area contributed by atoms with Gasteiger partial charge in [-0.25, -0.2) is 9.50 Å². The summed E-state index contributed by atoms with van der Waals surface area (Å²) in [5.74, 6) is 0.510. The molecule has 1 atom stereocenters. The first-order valence-electron chi connectivity index (χ1n) is 9.57. The topological polar surface area (TPSA) is 88.8 Å². The average molecular weight is 371 g/mol. The van der Waals surface area contributed by atoms with E-state index in [4.69, 9.17) is 4.74 Å². The monoisotopic (exact) mass is 371 g/mol. The summed E-state index contributed by atoms with van der Waals surface area (Å²) in [6.45, 7) is 5.18. The molecule has 144 valence electrons. The van der Waals surface area contributed by atoms with Gasteiger partial charge in [-0.3, -0.25) is 9.59 Å². The third kappa shape index (κ3) is 3.66. The van der Waals surface area contributed by atoms with Gasteiger partial charge < -0.3 is 15.0 Å². The molecular formula is C19H25N5O3. The Morgan fingerprint density at radius 3 is 2.85 bits per heavy atom. The number of ether oxygens (including phenoxy) is 1. The predicted molar refractivity (Wildman–Crippen MR) is 98.3 cm³/mol. The molecule has 0 bridgehead atoms.